The number of rotatable bonds is 5. The highest BCUT2D eigenvalue weighted by molar-refractivity contribution is 5.96. The number of para-hydroxylation sites is 1. The molecule has 2 aromatic rings. The summed E-state index contributed by atoms with van der Waals surface area (Å²) >= 11 is 0. The van der Waals surface area contributed by atoms with Crippen LogP contribution in [-0.4, -0.2) is 23.1 Å². The molecule has 0 saturated heterocycles. The molecule has 0 fully saturated rings. The standard InChI is InChI=1S/C16H15NO4/c1-11(21-14-8-3-2-4-9-14)15(18)17-13-7-5-6-12(10-13)16(19)20/h2-11H,1H3,(H,17,18)(H,19,20)/t11-/m1/s1. The molecule has 0 aliphatic rings. The summed E-state index contributed by atoms with van der Waals surface area (Å²) in [7, 11) is 0. The molecule has 2 rings (SSSR count). The number of benzene rings is 2. The number of aromatic carboxylic acids is 1. The van der Waals surface area contributed by atoms with Crippen LogP contribution in [0.5, 0.6) is 5.75 Å². The molecule has 0 aliphatic heterocycles. The first-order chi connectivity index (χ1) is 10.1. The SMILES string of the molecule is C[C@@H](Oc1ccccc1)C(=O)Nc1cccc(C(=O)O)c1. The molecule has 0 bridgehead atoms. The molecule has 1 atom stereocenters. The summed E-state index contributed by atoms with van der Waals surface area (Å²) in [6, 6.07) is 15.1. The van der Waals surface area contributed by atoms with Crippen molar-refractivity contribution in [3.63, 3.8) is 0 Å². The summed E-state index contributed by atoms with van der Waals surface area (Å²) in [4.78, 5) is 22.9. The van der Waals surface area contributed by atoms with Crippen molar-refractivity contribution in [3.05, 3.63) is 60.2 Å². The lowest BCUT2D eigenvalue weighted by Crippen LogP contribution is -2.30. The van der Waals surface area contributed by atoms with E-state index in [0.717, 1.165) is 0 Å². The molecule has 2 N–H and O–H groups in total. The Morgan fingerprint density at radius 1 is 1.10 bits per heavy atom. The lowest BCUT2D eigenvalue weighted by Gasteiger charge is -2.14. The maximum atomic E-state index is 12.0. The van der Waals surface area contributed by atoms with Crippen molar-refractivity contribution in [1.82, 2.24) is 0 Å². The highest BCUT2D eigenvalue weighted by Gasteiger charge is 2.15. The highest BCUT2D eigenvalue weighted by atomic mass is 16.5. The van der Waals surface area contributed by atoms with Gasteiger partial charge in [-0.25, -0.2) is 4.79 Å². The Balaban J connectivity index is 2.00. The van der Waals surface area contributed by atoms with Crippen molar-refractivity contribution >= 4 is 17.6 Å². The van der Waals surface area contributed by atoms with Gasteiger partial charge in [-0.1, -0.05) is 24.3 Å². The van der Waals surface area contributed by atoms with Crippen molar-refractivity contribution in [2.24, 2.45) is 0 Å². The second-order valence-electron chi connectivity index (χ2n) is 4.45. The first-order valence-corrected chi connectivity index (χ1v) is 6.42. The van der Waals surface area contributed by atoms with Crippen LogP contribution in [0.3, 0.4) is 0 Å². The summed E-state index contributed by atoms with van der Waals surface area (Å²) in [5, 5.41) is 11.5. The van der Waals surface area contributed by atoms with E-state index >= 15 is 0 Å². The number of anilines is 1. The molecule has 0 heterocycles. The molecule has 5 nitrogen and oxygen atoms in total. The van der Waals surface area contributed by atoms with Crippen LogP contribution in [-0.2, 0) is 4.79 Å². The second kappa shape index (κ2) is 6.56. The Labute approximate surface area is 122 Å². The molecule has 21 heavy (non-hydrogen) atoms. The third-order valence-electron chi connectivity index (χ3n) is 2.80. The maximum Gasteiger partial charge on any atom is 0.335 e. The van der Waals surface area contributed by atoms with Crippen LogP contribution in [0.15, 0.2) is 54.6 Å². The third kappa shape index (κ3) is 4.07. The quantitative estimate of drug-likeness (QED) is 0.885. The van der Waals surface area contributed by atoms with Gasteiger partial charge in [-0.05, 0) is 37.3 Å². The number of carboxylic acids is 1. The van der Waals surface area contributed by atoms with E-state index in [-0.39, 0.29) is 11.5 Å². The molecular weight excluding hydrogens is 270 g/mol. The zero-order chi connectivity index (χ0) is 15.2. The van der Waals surface area contributed by atoms with E-state index in [4.69, 9.17) is 9.84 Å². The second-order valence-corrected chi connectivity index (χ2v) is 4.45. The largest absolute Gasteiger partial charge is 0.481 e. The fourth-order valence-corrected chi connectivity index (χ4v) is 1.73. The minimum atomic E-state index is -1.04. The average molecular weight is 285 g/mol. The predicted octanol–water partition coefficient (Wildman–Crippen LogP) is 2.79. The Bertz CT molecular complexity index is 640. The minimum absolute atomic E-state index is 0.115. The van der Waals surface area contributed by atoms with Crippen LogP contribution in [0.25, 0.3) is 0 Å². The molecule has 0 aliphatic carbocycles. The van der Waals surface area contributed by atoms with Crippen LogP contribution in [0.4, 0.5) is 5.69 Å². The molecule has 0 spiro atoms. The van der Waals surface area contributed by atoms with Gasteiger partial charge in [0.1, 0.15) is 5.75 Å². The molecule has 0 saturated carbocycles. The first-order valence-electron chi connectivity index (χ1n) is 6.42. The third-order valence-corrected chi connectivity index (χ3v) is 2.80. The number of amides is 1. The average Bonchev–Trinajstić information content (AvgIpc) is 2.48. The van der Waals surface area contributed by atoms with Gasteiger partial charge in [-0.2, -0.15) is 0 Å². The van der Waals surface area contributed by atoms with Crippen molar-refractivity contribution in [2.45, 2.75) is 13.0 Å². The van der Waals surface area contributed by atoms with E-state index < -0.39 is 12.1 Å². The van der Waals surface area contributed by atoms with Gasteiger partial charge in [-0.15, -0.1) is 0 Å². The van der Waals surface area contributed by atoms with Crippen LogP contribution in [0.2, 0.25) is 0 Å². The van der Waals surface area contributed by atoms with E-state index in [0.29, 0.717) is 11.4 Å². The van der Waals surface area contributed by atoms with E-state index in [9.17, 15) is 9.59 Å². The maximum absolute atomic E-state index is 12.0. The minimum Gasteiger partial charge on any atom is -0.481 e. The number of hydrogen-bond acceptors (Lipinski definition) is 3. The summed E-state index contributed by atoms with van der Waals surface area (Å²) in [5.74, 6) is -0.791. The van der Waals surface area contributed by atoms with Gasteiger partial charge in [0.25, 0.3) is 5.91 Å². The Hall–Kier alpha value is -2.82. The molecule has 108 valence electrons. The van der Waals surface area contributed by atoms with Crippen molar-refractivity contribution in [2.75, 3.05) is 5.32 Å². The smallest absolute Gasteiger partial charge is 0.335 e. The van der Waals surface area contributed by atoms with E-state index in [1.807, 2.05) is 18.2 Å². The lowest BCUT2D eigenvalue weighted by atomic mass is 10.2. The van der Waals surface area contributed by atoms with Crippen molar-refractivity contribution in [1.29, 1.82) is 0 Å². The number of nitrogens with one attached hydrogen (secondary N) is 1. The van der Waals surface area contributed by atoms with Gasteiger partial charge < -0.3 is 15.2 Å². The van der Waals surface area contributed by atoms with E-state index in [1.165, 1.54) is 12.1 Å². The number of hydrogen-bond donors (Lipinski definition) is 2. The fraction of sp³-hybridized carbons (Fsp3) is 0.125. The van der Waals surface area contributed by atoms with Crippen LogP contribution >= 0.6 is 0 Å². The highest BCUT2D eigenvalue weighted by Crippen LogP contribution is 2.14. The summed E-state index contributed by atoms with van der Waals surface area (Å²) in [6.07, 6.45) is -0.694. The van der Waals surface area contributed by atoms with Crippen LogP contribution < -0.4 is 10.1 Å². The van der Waals surface area contributed by atoms with Gasteiger partial charge in [0.15, 0.2) is 6.10 Å². The molecule has 0 radical (unpaired) electrons. The zero-order valence-electron chi connectivity index (χ0n) is 11.4. The lowest BCUT2D eigenvalue weighted by molar-refractivity contribution is -0.122. The topological polar surface area (TPSA) is 75.6 Å². The predicted molar refractivity (Wildman–Crippen MR) is 78.6 cm³/mol. The van der Waals surface area contributed by atoms with Gasteiger partial charge in [0.05, 0.1) is 5.56 Å². The molecule has 0 unspecified atom stereocenters. The van der Waals surface area contributed by atoms with Crippen molar-refractivity contribution < 1.29 is 19.4 Å². The fourth-order valence-electron chi connectivity index (χ4n) is 1.73. The zero-order valence-corrected chi connectivity index (χ0v) is 11.4. The van der Waals surface area contributed by atoms with E-state index in [1.54, 1.807) is 31.2 Å². The molecule has 1 amide bonds. The molecular formula is C16H15NO4. The summed E-state index contributed by atoms with van der Waals surface area (Å²) in [6.45, 7) is 1.63. The Morgan fingerprint density at radius 2 is 1.81 bits per heavy atom. The summed E-state index contributed by atoms with van der Waals surface area (Å²) < 4.78 is 5.50. The molecule has 5 heteroatoms. The van der Waals surface area contributed by atoms with Crippen LogP contribution in [0, 0.1) is 0 Å². The summed E-state index contributed by atoms with van der Waals surface area (Å²) in [5.41, 5.74) is 0.535. The number of carboxylic acid groups (broad SMARTS) is 1. The van der Waals surface area contributed by atoms with Crippen LogP contribution in [0.1, 0.15) is 17.3 Å². The Kier molecular flexibility index (Phi) is 4.56. The van der Waals surface area contributed by atoms with Gasteiger partial charge in [-0.3, -0.25) is 4.79 Å². The molecule has 2 aromatic carbocycles. The Morgan fingerprint density at radius 3 is 2.48 bits per heavy atom. The van der Waals surface area contributed by atoms with Gasteiger partial charge in [0.2, 0.25) is 0 Å². The monoisotopic (exact) mass is 285 g/mol. The number of ether oxygens (including phenoxy) is 1. The number of carbonyl (C=O) groups excluding carboxylic acids is 1. The van der Waals surface area contributed by atoms with Gasteiger partial charge in [0, 0.05) is 5.69 Å². The van der Waals surface area contributed by atoms with Crippen molar-refractivity contribution in [3.8, 4) is 5.75 Å². The van der Waals surface area contributed by atoms with Gasteiger partial charge >= 0.3 is 5.97 Å². The van der Waals surface area contributed by atoms with E-state index in [2.05, 4.69) is 5.32 Å². The first kappa shape index (κ1) is 14.6. The number of carbonyl (C=O) groups is 2. The molecule has 0 aromatic heterocycles. The normalized spacial score (nSPS) is 11.5.